The van der Waals surface area contributed by atoms with Crippen LogP contribution in [0, 0.1) is 0 Å². The number of thioether (sulfide) groups is 1. The van der Waals surface area contributed by atoms with E-state index in [0.29, 0.717) is 11.6 Å². The van der Waals surface area contributed by atoms with E-state index < -0.39 is 0 Å². The highest BCUT2D eigenvalue weighted by atomic mass is 35.5. The number of thiazole rings is 2. The predicted molar refractivity (Wildman–Crippen MR) is 141 cm³/mol. The third-order valence-electron chi connectivity index (χ3n) is 5.83. The van der Waals surface area contributed by atoms with Crippen molar-refractivity contribution in [1.82, 2.24) is 4.57 Å². The molecule has 33 heavy (non-hydrogen) atoms. The molecule has 0 spiro atoms. The van der Waals surface area contributed by atoms with E-state index in [4.69, 9.17) is 11.6 Å². The summed E-state index contributed by atoms with van der Waals surface area (Å²) in [6, 6.07) is 16.5. The number of anilines is 1. The van der Waals surface area contributed by atoms with Crippen molar-refractivity contribution in [2.24, 2.45) is 0 Å². The topological polar surface area (TPSA) is 29.1 Å². The van der Waals surface area contributed by atoms with Gasteiger partial charge in [-0.1, -0.05) is 65.0 Å². The number of hydrogen-bond donors (Lipinski definition) is 0. The normalized spacial score (nSPS) is 16.4. The van der Waals surface area contributed by atoms with Crippen LogP contribution in [0.3, 0.4) is 0 Å². The summed E-state index contributed by atoms with van der Waals surface area (Å²) < 4.78 is 5.87. The molecule has 0 aliphatic carbocycles. The van der Waals surface area contributed by atoms with E-state index >= 15 is 0 Å². The van der Waals surface area contributed by atoms with Crippen LogP contribution < -0.4 is 24.2 Å². The molecule has 0 N–H and O–H groups in total. The lowest BCUT2D eigenvalue weighted by atomic mass is 10.1. The van der Waals surface area contributed by atoms with Crippen molar-refractivity contribution in [3.63, 3.8) is 0 Å². The van der Waals surface area contributed by atoms with Crippen molar-refractivity contribution in [1.29, 1.82) is 0 Å². The smallest absolute Gasteiger partial charge is 0.271 e. The molecule has 0 amide bonds. The first-order valence-electron chi connectivity index (χ1n) is 10.7. The predicted octanol–water partition coefficient (Wildman–Crippen LogP) is 4.68. The highest BCUT2D eigenvalue weighted by molar-refractivity contribution is 8.08. The van der Waals surface area contributed by atoms with Gasteiger partial charge in [0.25, 0.3) is 10.6 Å². The van der Waals surface area contributed by atoms with Gasteiger partial charge in [-0.2, -0.15) is 4.57 Å². The summed E-state index contributed by atoms with van der Waals surface area (Å²) in [6.07, 6.45) is 4.26. The maximum Gasteiger partial charge on any atom is 0.271 e. The van der Waals surface area contributed by atoms with Crippen LogP contribution in [0.15, 0.2) is 69.8 Å². The second kappa shape index (κ2) is 9.14. The van der Waals surface area contributed by atoms with Crippen molar-refractivity contribution in [3.8, 4) is 0 Å². The Balaban J connectivity index is 1.63. The van der Waals surface area contributed by atoms with E-state index in [-0.39, 0.29) is 11.6 Å². The van der Waals surface area contributed by atoms with Gasteiger partial charge in [-0.25, -0.2) is 0 Å². The SMILES string of the molecule is CCn1c(=O)/c(=C2\Sc3cc(Cl)ccc3N2C)s/c1=C\c1scc[n+]1[C@@H](C)c1ccccc1. The summed E-state index contributed by atoms with van der Waals surface area (Å²) >= 11 is 11.1. The van der Waals surface area contributed by atoms with Gasteiger partial charge in [0.2, 0.25) is 0 Å². The van der Waals surface area contributed by atoms with E-state index in [1.807, 2.05) is 42.8 Å². The van der Waals surface area contributed by atoms with E-state index in [2.05, 4.69) is 58.3 Å². The van der Waals surface area contributed by atoms with Crippen molar-refractivity contribution >= 4 is 62.8 Å². The number of nitrogens with zero attached hydrogens (tertiary/aromatic N) is 3. The van der Waals surface area contributed by atoms with Crippen LogP contribution in [-0.4, -0.2) is 11.6 Å². The average molecular weight is 513 g/mol. The van der Waals surface area contributed by atoms with Crippen molar-refractivity contribution < 1.29 is 4.57 Å². The molecule has 1 atom stereocenters. The Morgan fingerprint density at radius 1 is 1.18 bits per heavy atom. The largest absolute Gasteiger partial charge is 0.337 e. The quantitative estimate of drug-likeness (QED) is 0.372. The Labute approximate surface area is 209 Å². The number of halogens is 1. The van der Waals surface area contributed by atoms with Crippen LogP contribution in [0.1, 0.15) is 30.5 Å². The molecule has 2 aromatic heterocycles. The van der Waals surface area contributed by atoms with E-state index in [0.717, 1.165) is 29.8 Å². The summed E-state index contributed by atoms with van der Waals surface area (Å²) in [6.45, 7) is 4.85. The van der Waals surface area contributed by atoms with Gasteiger partial charge in [0, 0.05) is 36.0 Å². The van der Waals surface area contributed by atoms with Gasteiger partial charge >= 0.3 is 0 Å². The number of aromatic nitrogens is 2. The summed E-state index contributed by atoms with van der Waals surface area (Å²) in [4.78, 5) is 16.6. The van der Waals surface area contributed by atoms with E-state index in [1.165, 1.54) is 5.56 Å². The first-order valence-corrected chi connectivity index (χ1v) is 13.6. The Morgan fingerprint density at radius 3 is 2.73 bits per heavy atom. The lowest BCUT2D eigenvalue weighted by molar-refractivity contribution is -0.707. The zero-order chi connectivity index (χ0) is 23.1. The summed E-state index contributed by atoms with van der Waals surface area (Å²) in [5.74, 6) is 0. The highest BCUT2D eigenvalue weighted by Gasteiger charge is 2.25. The van der Waals surface area contributed by atoms with Crippen molar-refractivity contribution in [3.05, 3.63) is 95.3 Å². The lowest BCUT2D eigenvalue weighted by Crippen LogP contribution is -2.39. The molecule has 8 heteroatoms. The molecular weight excluding hydrogens is 490 g/mol. The fourth-order valence-electron chi connectivity index (χ4n) is 4.02. The Kier molecular flexibility index (Phi) is 6.22. The van der Waals surface area contributed by atoms with Gasteiger partial charge in [-0.15, -0.1) is 11.3 Å². The van der Waals surface area contributed by atoms with Crippen LogP contribution in [0.25, 0.3) is 11.1 Å². The standard InChI is InChI=1S/C25H23ClN3OS3/c1-4-28-22(15-21-29(12-13-31-21)16(2)17-8-6-5-7-9-17)33-23(24(28)30)25-27(3)19-11-10-18(26)14-20(19)32-25/h5-16H,4H2,1-3H3/q+1/b25-23+/t16-/m0/s1. The molecule has 0 fully saturated rings. The molecule has 0 radical (unpaired) electrons. The monoisotopic (exact) mass is 512 g/mol. The van der Waals surface area contributed by atoms with Crippen LogP contribution in [-0.2, 0) is 6.54 Å². The van der Waals surface area contributed by atoms with Gasteiger partial charge in [-0.3, -0.25) is 9.36 Å². The second-order valence-electron chi connectivity index (χ2n) is 7.78. The molecular formula is C25H23ClN3OS3+. The van der Waals surface area contributed by atoms with Gasteiger partial charge in [-0.05, 0) is 25.1 Å². The van der Waals surface area contributed by atoms with Crippen LogP contribution in [0.5, 0.6) is 0 Å². The summed E-state index contributed by atoms with van der Waals surface area (Å²) in [5, 5.41) is 4.88. The molecule has 168 valence electrons. The highest BCUT2D eigenvalue weighted by Crippen LogP contribution is 2.46. The maximum absolute atomic E-state index is 13.4. The number of rotatable bonds is 4. The third kappa shape index (κ3) is 4.08. The van der Waals surface area contributed by atoms with Crippen molar-refractivity contribution in [2.45, 2.75) is 31.3 Å². The zero-order valence-electron chi connectivity index (χ0n) is 18.5. The molecule has 0 saturated heterocycles. The number of benzene rings is 2. The molecule has 0 unspecified atom stereocenters. The minimum Gasteiger partial charge on any atom is -0.337 e. The molecule has 1 aliphatic heterocycles. The maximum atomic E-state index is 13.4. The molecule has 0 bridgehead atoms. The minimum atomic E-state index is 0.0567. The van der Waals surface area contributed by atoms with Crippen molar-refractivity contribution in [2.75, 3.05) is 11.9 Å². The molecule has 4 aromatic rings. The van der Waals surface area contributed by atoms with E-state index in [1.54, 1.807) is 34.4 Å². The molecule has 1 aliphatic rings. The molecule has 0 saturated carbocycles. The van der Waals surface area contributed by atoms with Gasteiger partial charge < -0.3 is 4.90 Å². The Hall–Kier alpha value is -2.32. The molecule has 5 rings (SSSR count). The van der Waals surface area contributed by atoms with Crippen LogP contribution >= 0.6 is 46.0 Å². The first kappa shape index (κ1) is 22.5. The van der Waals surface area contributed by atoms with Gasteiger partial charge in [0.05, 0.1) is 17.1 Å². The number of hydrogen-bond acceptors (Lipinski definition) is 5. The van der Waals surface area contributed by atoms with Gasteiger partial charge in [0.15, 0.2) is 12.2 Å². The van der Waals surface area contributed by atoms with Crippen LogP contribution in [0.4, 0.5) is 5.69 Å². The molecule has 3 heterocycles. The summed E-state index contributed by atoms with van der Waals surface area (Å²) in [7, 11) is 2.01. The lowest BCUT2D eigenvalue weighted by Gasteiger charge is -2.12. The zero-order valence-corrected chi connectivity index (χ0v) is 21.7. The number of fused-ring (bicyclic) bond motifs is 1. The second-order valence-corrected chi connectivity index (χ2v) is 11.2. The fourth-order valence-corrected chi connectivity index (χ4v) is 7.68. The Morgan fingerprint density at radius 2 is 1.97 bits per heavy atom. The third-order valence-corrected chi connectivity index (χ3v) is 9.36. The van der Waals surface area contributed by atoms with Gasteiger partial charge in [0.1, 0.15) is 14.2 Å². The molecule has 2 aromatic carbocycles. The minimum absolute atomic E-state index is 0.0567. The van der Waals surface area contributed by atoms with Crippen LogP contribution in [0.2, 0.25) is 5.02 Å². The Bertz CT molecular complexity index is 1500. The summed E-state index contributed by atoms with van der Waals surface area (Å²) in [5.41, 5.74) is 2.39. The van der Waals surface area contributed by atoms with E-state index in [9.17, 15) is 4.79 Å². The average Bonchev–Trinajstić information content (AvgIpc) is 3.50. The fraction of sp³-hybridized carbons (Fsp3) is 0.200. The first-order chi connectivity index (χ1) is 16.0. The molecule has 4 nitrogen and oxygen atoms in total.